The minimum Gasteiger partial charge on any atom is -0.381 e. The number of nitrogens with one attached hydrogen (secondary N) is 1. The lowest BCUT2D eigenvalue weighted by Crippen LogP contribution is -2.47. The van der Waals surface area contributed by atoms with Crippen LogP contribution in [0.15, 0.2) is 0 Å². The molecule has 0 saturated carbocycles. The molecule has 1 amide bonds. The van der Waals surface area contributed by atoms with Gasteiger partial charge in [0, 0.05) is 51.4 Å². The second-order valence-corrected chi connectivity index (χ2v) is 8.35. The molecule has 28 heavy (non-hydrogen) atoms. The molecular formula is C17H32Cl2N6O2S. The molecule has 2 atom stereocenters. The molecule has 5 N–H and O–H groups in total. The first-order chi connectivity index (χ1) is 12.6. The van der Waals surface area contributed by atoms with E-state index in [-0.39, 0.29) is 42.7 Å². The van der Waals surface area contributed by atoms with Gasteiger partial charge in [-0.1, -0.05) is 11.3 Å². The Kier molecular flexibility index (Phi) is 11.5. The van der Waals surface area contributed by atoms with E-state index < -0.39 is 0 Å². The molecule has 0 bridgehead atoms. The number of nitrogens with two attached hydrogens (primary N) is 2. The fourth-order valence-corrected chi connectivity index (χ4v) is 4.43. The topological polar surface area (TPSA) is 119 Å². The second kappa shape index (κ2) is 12.8. The van der Waals surface area contributed by atoms with Crippen molar-refractivity contribution < 1.29 is 9.53 Å². The van der Waals surface area contributed by atoms with E-state index in [1.165, 1.54) is 11.3 Å². The van der Waals surface area contributed by atoms with Crippen molar-refractivity contribution in [2.75, 3.05) is 38.6 Å². The van der Waals surface area contributed by atoms with Crippen LogP contribution in [0.4, 0.5) is 5.13 Å². The number of nitrogens with zero attached hydrogens (tertiary/aromatic N) is 3. The van der Waals surface area contributed by atoms with Gasteiger partial charge in [0.15, 0.2) is 0 Å². The Morgan fingerprint density at radius 1 is 1.18 bits per heavy atom. The van der Waals surface area contributed by atoms with E-state index in [2.05, 4.69) is 20.4 Å². The maximum Gasteiger partial charge on any atom is 0.224 e. The van der Waals surface area contributed by atoms with Gasteiger partial charge >= 0.3 is 0 Å². The molecule has 2 saturated heterocycles. The van der Waals surface area contributed by atoms with Gasteiger partial charge in [-0.25, -0.2) is 0 Å². The zero-order chi connectivity index (χ0) is 18.4. The average Bonchev–Trinajstić information content (AvgIpc) is 2.96. The highest BCUT2D eigenvalue weighted by atomic mass is 35.5. The number of amides is 1. The van der Waals surface area contributed by atoms with Crippen LogP contribution < -0.4 is 16.8 Å². The Balaban J connectivity index is 0.00000196. The van der Waals surface area contributed by atoms with Crippen LogP contribution in [0, 0.1) is 5.92 Å². The van der Waals surface area contributed by atoms with Crippen LogP contribution in [0.1, 0.15) is 37.1 Å². The monoisotopic (exact) mass is 454 g/mol. The molecule has 0 spiro atoms. The van der Waals surface area contributed by atoms with Crippen LogP contribution >= 0.6 is 36.2 Å². The van der Waals surface area contributed by atoms with Gasteiger partial charge in [-0.2, -0.15) is 0 Å². The third-order valence-corrected chi connectivity index (χ3v) is 6.05. The van der Waals surface area contributed by atoms with E-state index in [4.69, 9.17) is 16.2 Å². The van der Waals surface area contributed by atoms with Crippen molar-refractivity contribution in [3.05, 3.63) is 5.01 Å². The number of anilines is 1. The highest BCUT2D eigenvalue weighted by Crippen LogP contribution is 2.22. The summed E-state index contributed by atoms with van der Waals surface area (Å²) in [6, 6.07) is 0.643. The molecule has 3 rings (SSSR count). The summed E-state index contributed by atoms with van der Waals surface area (Å²) < 4.78 is 5.47. The Bertz CT molecular complexity index is 588. The number of hydrogen-bond donors (Lipinski definition) is 3. The fraction of sp³-hybridized carbons (Fsp3) is 0.824. The predicted molar refractivity (Wildman–Crippen MR) is 116 cm³/mol. The molecule has 11 heteroatoms. The van der Waals surface area contributed by atoms with Crippen molar-refractivity contribution in [3.63, 3.8) is 0 Å². The third-order valence-electron chi connectivity index (χ3n) is 5.24. The summed E-state index contributed by atoms with van der Waals surface area (Å²) in [4.78, 5) is 15.1. The van der Waals surface area contributed by atoms with Gasteiger partial charge in [0.05, 0.1) is 5.92 Å². The summed E-state index contributed by atoms with van der Waals surface area (Å²) in [5.41, 5.74) is 11.8. The molecule has 0 radical (unpaired) electrons. The predicted octanol–water partition coefficient (Wildman–Crippen LogP) is 1.23. The number of likely N-dealkylation sites (tertiary alicyclic amines) is 1. The molecule has 2 fully saturated rings. The first kappa shape index (κ1) is 25.3. The minimum atomic E-state index is 0. The molecule has 0 aliphatic carbocycles. The number of nitrogen functional groups attached to an aromatic ring is 1. The lowest BCUT2D eigenvalue weighted by atomic mass is 10.0. The van der Waals surface area contributed by atoms with Gasteiger partial charge in [-0.15, -0.1) is 35.0 Å². The van der Waals surface area contributed by atoms with Crippen molar-refractivity contribution in [2.24, 2.45) is 11.7 Å². The van der Waals surface area contributed by atoms with Crippen LogP contribution in [0.25, 0.3) is 0 Å². The summed E-state index contributed by atoms with van der Waals surface area (Å²) in [5, 5.41) is 12.3. The Hall–Kier alpha value is -0.710. The number of carbonyl (C=O) groups is 1. The molecule has 162 valence electrons. The van der Waals surface area contributed by atoms with Crippen molar-refractivity contribution in [2.45, 2.75) is 50.6 Å². The first-order valence-electron chi connectivity index (χ1n) is 9.54. The number of halogens is 2. The number of ether oxygens (including phenoxy) is 1. The van der Waals surface area contributed by atoms with E-state index in [0.717, 1.165) is 69.8 Å². The highest BCUT2D eigenvalue weighted by molar-refractivity contribution is 7.15. The number of aromatic nitrogens is 2. The lowest BCUT2D eigenvalue weighted by molar-refractivity contribution is -0.125. The molecule has 1 aromatic rings. The zero-order valence-corrected chi connectivity index (χ0v) is 18.5. The van der Waals surface area contributed by atoms with E-state index in [9.17, 15) is 4.79 Å². The van der Waals surface area contributed by atoms with E-state index in [0.29, 0.717) is 17.7 Å². The Morgan fingerprint density at radius 2 is 1.93 bits per heavy atom. The maximum atomic E-state index is 12.7. The Morgan fingerprint density at radius 3 is 2.61 bits per heavy atom. The molecular weight excluding hydrogens is 423 g/mol. The summed E-state index contributed by atoms with van der Waals surface area (Å²) in [5.74, 6) is 0.163. The molecule has 0 unspecified atom stereocenters. The van der Waals surface area contributed by atoms with Gasteiger partial charge in [0.1, 0.15) is 5.01 Å². The van der Waals surface area contributed by atoms with Gasteiger partial charge in [-0.05, 0) is 32.1 Å². The van der Waals surface area contributed by atoms with Gasteiger partial charge in [-0.3, -0.25) is 9.69 Å². The SMILES string of the molecule is Cl.Cl.Nc1nnc(CCCNC(=O)[C@@H]2CC[C@H](N)CN(C3CCOCC3)C2)s1. The lowest BCUT2D eigenvalue weighted by Gasteiger charge is -2.35. The van der Waals surface area contributed by atoms with Crippen LogP contribution in [0.5, 0.6) is 0 Å². The van der Waals surface area contributed by atoms with Crippen LogP contribution in [-0.4, -0.2) is 65.9 Å². The summed E-state index contributed by atoms with van der Waals surface area (Å²) in [6.45, 7) is 3.95. The molecule has 2 aliphatic heterocycles. The van der Waals surface area contributed by atoms with Crippen molar-refractivity contribution in [1.29, 1.82) is 0 Å². The largest absolute Gasteiger partial charge is 0.381 e. The van der Waals surface area contributed by atoms with Crippen LogP contribution in [0.2, 0.25) is 0 Å². The van der Waals surface area contributed by atoms with Gasteiger partial charge < -0.3 is 21.5 Å². The van der Waals surface area contributed by atoms with Crippen LogP contribution in [0.3, 0.4) is 0 Å². The highest BCUT2D eigenvalue weighted by Gasteiger charge is 2.31. The number of aryl methyl sites for hydroxylation is 1. The van der Waals surface area contributed by atoms with Crippen molar-refractivity contribution >= 4 is 47.2 Å². The normalized spacial score (nSPS) is 23.9. The van der Waals surface area contributed by atoms with E-state index >= 15 is 0 Å². The number of carbonyl (C=O) groups excluding carboxylic acids is 1. The van der Waals surface area contributed by atoms with Gasteiger partial charge in [0.25, 0.3) is 0 Å². The average molecular weight is 455 g/mol. The van der Waals surface area contributed by atoms with Crippen molar-refractivity contribution in [1.82, 2.24) is 20.4 Å². The molecule has 8 nitrogen and oxygen atoms in total. The molecule has 2 aliphatic rings. The minimum absolute atomic E-state index is 0. The quantitative estimate of drug-likeness (QED) is 0.552. The summed E-state index contributed by atoms with van der Waals surface area (Å²) >= 11 is 1.41. The molecule has 3 heterocycles. The van der Waals surface area contributed by atoms with Crippen molar-refractivity contribution in [3.8, 4) is 0 Å². The van der Waals surface area contributed by atoms with Crippen LogP contribution in [-0.2, 0) is 16.0 Å². The first-order valence-corrected chi connectivity index (χ1v) is 10.4. The molecule has 0 aromatic carbocycles. The summed E-state index contributed by atoms with van der Waals surface area (Å²) in [6.07, 6.45) is 5.47. The molecule has 1 aromatic heterocycles. The number of hydrogen-bond acceptors (Lipinski definition) is 8. The maximum absolute atomic E-state index is 12.7. The second-order valence-electron chi connectivity index (χ2n) is 7.26. The smallest absolute Gasteiger partial charge is 0.224 e. The van der Waals surface area contributed by atoms with Gasteiger partial charge in [0.2, 0.25) is 11.0 Å². The summed E-state index contributed by atoms with van der Waals surface area (Å²) in [7, 11) is 0. The zero-order valence-electron chi connectivity index (χ0n) is 16.0. The number of rotatable bonds is 6. The van der Waals surface area contributed by atoms with E-state index in [1.54, 1.807) is 0 Å². The Labute approximate surface area is 183 Å². The fourth-order valence-electron chi connectivity index (χ4n) is 3.78. The van der Waals surface area contributed by atoms with E-state index in [1.807, 2.05) is 0 Å². The third kappa shape index (κ3) is 7.61. The standard InChI is InChI=1S/C17H30N6O2S.2ClH/c18-13-4-3-12(10-23(11-13)14-5-8-25-9-6-14)16(24)20-7-1-2-15-21-22-17(19)26-15;;/h12-14H,1-11,18H2,(H2,19,22)(H,20,24);2*1H/t12-,13+;;/m1../s1.